The molecular weight excluding hydrogens is 194 g/mol. The maximum Gasteiger partial charge on any atom is 0.0322 e. The second-order valence-corrected chi connectivity index (χ2v) is 4.89. The molecule has 0 aromatic heterocycles. The summed E-state index contributed by atoms with van der Waals surface area (Å²) in [6, 6.07) is 9.64. The molecule has 0 spiro atoms. The first kappa shape index (κ1) is 11.7. The summed E-state index contributed by atoms with van der Waals surface area (Å²) in [5.74, 6) is 0.981. The Hall–Kier alpha value is -0.820. The van der Waals surface area contributed by atoms with Crippen molar-refractivity contribution in [1.82, 2.24) is 5.32 Å². The van der Waals surface area contributed by atoms with E-state index in [9.17, 15) is 0 Å². The molecule has 0 aliphatic heterocycles. The highest BCUT2D eigenvalue weighted by Crippen LogP contribution is 2.37. The third kappa shape index (κ3) is 3.08. The highest BCUT2D eigenvalue weighted by Gasteiger charge is 2.25. The lowest BCUT2D eigenvalue weighted by Crippen LogP contribution is -2.21. The van der Waals surface area contributed by atoms with Gasteiger partial charge < -0.3 is 5.32 Å². The van der Waals surface area contributed by atoms with Crippen LogP contribution in [-0.2, 0) is 6.42 Å². The second-order valence-electron chi connectivity index (χ2n) is 4.89. The predicted octanol–water partition coefficient (Wildman–Crippen LogP) is 3.70. The molecule has 1 aliphatic rings. The molecule has 1 nitrogen and oxygen atoms in total. The highest BCUT2D eigenvalue weighted by atomic mass is 14.9. The lowest BCUT2D eigenvalue weighted by Gasteiger charge is -2.18. The van der Waals surface area contributed by atoms with Gasteiger partial charge in [0, 0.05) is 6.04 Å². The van der Waals surface area contributed by atoms with Gasteiger partial charge in [0.1, 0.15) is 0 Å². The van der Waals surface area contributed by atoms with Crippen LogP contribution in [0.1, 0.15) is 50.3 Å². The van der Waals surface area contributed by atoms with Crippen LogP contribution in [0.15, 0.2) is 24.3 Å². The molecule has 1 fully saturated rings. The standard InChI is InChI=1S/C15H23N/c1-3-12-6-5-7-14(10-12)15(16-4-2)11-13-8-9-13/h5-7,10,13,15-16H,3-4,8-9,11H2,1-2H3. The fourth-order valence-corrected chi connectivity index (χ4v) is 2.30. The molecule has 0 bridgehead atoms. The molecule has 1 saturated carbocycles. The molecule has 1 aromatic carbocycles. The molecule has 0 radical (unpaired) electrons. The minimum atomic E-state index is 0.573. The molecule has 1 N–H and O–H groups in total. The zero-order valence-electron chi connectivity index (χ0n) is 10.5. The summed E-state index contributed by atoms with van der Waals surface area (Å²) in [5, 5.41) is 3.62. The summed E-state index contributed by atoms with van der Waals surface area (Å²) in [4.78, 5) is 0. The molecule has 88 valence electrons. The maximum absolute atomic E-state index is 3.62. The Balaban J connectivity index is 2.08. The number of rotatable bonds is 6. The quantitative estimate of drug-likeness (QED) is 0.766. The van der Waals surface area contributed by atoms with Crippen LogP contribution in [-0.4, -0.2) is 6.54 Å². The van der Waals surface area contributed by atoms with Gasteiger partial charge >= 0.3 is 0 Å². The van der Waals surface area contributed by atoms with Crippen LogP contribution in [0.5, 0.6) is 0 Å². The molecule has 16 heavy (non-hydrogen) atoms. The number of hydrogen-bond donors (Lipinski definition) is 1. The monoisotopic (exact) mass is 217 g/mol. The van der Waals surface area contributed by atoms with E-state index in [-0.39, 0.29) is 0 Å². The molecule has 1 unspecified atom stereocenters. The van der Waals surface area contributed by atoms with Crippen LogP contribution < -0.4 is 5.32 Å². The average molecular weight is 217 g/mol. The first-order valence-corrected chi connectivity index (χ1v) is 6.65. The Morgan fingerprint density at radius 3 is 2.75 bits per heavy atom. The molecule has 1 aromatic rings. The van der Waals surface area contributed by atoms with E-state index in [0.29, 0.717) is 6.04 Å². The van der Waals surface area contributed by atoms with Crippen molar-refractivity contribution in [3.63, 3.8) is 0 Å². The van der Waals surface area contributed by atoms with Crippen molar-refractivity contribution in [2.75, 3.05) is 6.54 Å². The van der Waals surface area contributed by atoms with E-state index in [0.717, 1.165) is 18.9 Å². The summed E-state index contributed by atoms with van der Waals surface area (Å²) in [6.45, 7) is 5.49. The predicted molar refractivity (Wildman–Crippen MR) is 69.6 cm³/mol. The van der Waals surface area contributed by atoms with Gasteiger partial charge in [-0.1, -0.05) is 51.0 Å². The second kappa shape index (κ2) is 5.49. The minimum absolute atomic E-state index is 0.573. The normalized spacial score (nSPS) is 17.4. The molecule has 2 rings (SSSR count). The number of aryl methyl sites for hydroxylation is 1. The van der Waals surface area contributed by atoms with Crippen molar-refractivity contribution in [3.05, 3.63) is 35.4 Å². The van der Waals surface area contributed by atoms with E-state index < -0.39 is 0 Å². The highest BCUT2D eigenvalue weighted by molar-refractivity contribution is 5.26. The Labute approximate surface area is 99.3 Å². The third-order valence-electron chi connectivity index (χ3n) is 3.48. The average Bonchev–Trinajstić information content (AvgIpc) is 3.12. The first-order chi connectivity index (χ1) is 7.83. The molecule has 1 heteroatoms. The fraction of sp³-hybridized carbons (Fsp3) is 0.600. The van der Waals surface area contributed by atoms with Gasteiger partial charge in [-0.05, 0) is 36.4 Å². The van der Waals surface area contributed by atoms with Crippen LogP contribution in [0.3, 0.4) is 0 Å². The Kier molecular flexibility index (Phi) is 4.00. The van der Waals surface area contributed by atoms with Crippen molar-refractivity contribution in [2.24, 2.45) is 5.92 Å². The molecule has 1 aliphatic carbocycles. The van der Waals surface area contributed by atoms with E-state index in [1.807, 2.05) is 0 Å². The van der Waals surface area contributed by atoms with Gasteiger partial charge in [0.25, 0.3) is 0 Å². The zero-order valence-corrected chi connectivity index (χ0v) is 10.5. The summed E-state index contributed by atoms with van der Waals surface area (Å²) >= 11 is 0. The Bertz CT molecular complexity index is 328. The molecule has 0 heterocycles. The minimum Gasteiger partial charge on any atom is -0.310 e. The summed E-state index contributed by atoms with van der Waals surface area (Å²) in [6.07, 6.45) is 5.34. The number of hydrogen-bond acceptors (Lipinski definition) is 1. The Morgan fingerprint density at radius 1 is 1.31 bits per heavy atom. The van der Waals surface area contributed by atoms with E-state index in [1.54, 1.807) is 0 Å². The largest absolute Gasteiger partial charge is 0.310 e. The van der Waals surface area contributed by atoms with Crippen LogP contribution in [0.25, 0.3) is 0 Å². The fourth-order valence-electron chi connectivity index (χ4n) is 2.30. The van der Waals surface area contributed by atoms with E-state index in [1.165, 1.54) is 30.4 Å². The van der Waals surface area contributed by atoms with Crippen molar-refractivity contribution in [1.29, 1.82) is 0 Å². The molecule has 0 saturated heterocycles. The SMILES string of the molecule is CCNC(CC1CC1)c1cccc(CC)c1. The van der Waals surface area contributed by atoms with E-state index >= 15 is 0 Å². The lowest BCUT2D eigenvalue weighted by molar-refractivity contribution is 0.486. The molecular formula is C15H23N. The van der Waals surface area contributed by atoms with Crippen molar-refractivity contribution < 1.29 is 0 Å². The maximum atomic E-state index is 3.62. The lowest BCUT2D eigenvalue weighted by atomic mass is 9.98. The van der Waals surface area contributed by atoms with Crippen LogP contribution >= 0.6 is 0 Å². The summed E-state index contributed by atoms with van der Waals surface area (Å²) < 4.78 is 0. The summed E-state index contributed by atoms with van der Waals surface area (Å²) in [7, 11) is 0. The smallest absolute Gasteiger partial charge is 0.0322 e. The van der Waals surface area contributed by atoms with E-state index in [4.69, 9.17) is 0 Å². The molecule has 1 atom stereocenters. The third-order valence-corrected chi connectivity index (χ3v) is 3.48. The topological polar surface area (TPSA) is 12.0 Å². The van der Waals surface area contributed by atoms with Gasteiger partial charge in [-0.2, -0.15) is 0 Å². The van der Waals surface area contributed by atoms with E-state index in [2.05, 4.69) is 43.4 Å². The van der Waals surface area contributed by atoms with Crippen LogP contribution in [0.2, 0.25) is 0 Å². The molecule has 0 amide bonds. The van der Waals surface area contributed by atoms with Crippen molar-refractivity contribution in [3.8, 4) is 0 Å². The summed E-state index contributed by atoms with van der Waals surface area (Å²) in [5.41, 5.74) is 2.93. The zero-order chi connectivity index (χ0) is 11.4. The number of nitrogens with one attached hydrogen (secondary N) is 1. The van der Waals surface area contributed by atoms with Gasteiger partial charge in [0.2, 0.25) is 0 Å². The van der Waals surface area contributed by atoms with Gasteiger partial charge in [-0.15, -0.1) is 0 Å². The van der Waals surface area contributed by atoms with Crippen molar-refractivity contribution >= 4 is 0 Å². The van der Waals surface area contributed by atoms with Gasteiger partial charge in [-0.25, -0.2) is 0 Å². The van der Waals surface area contributed by atoms with Crippen LogP contribution in [0, 0.1) is 5.92 Å². The first-order valence-electron chi connectivity index (χ1n) is 6.65. The van der Waals surface area contributed by atoms with Gasteiger partial charge in [0.15, 0.2) is 0 Å². The van der Waals surface area contributed by atoms with Crippen molar-refractivity contribution in [2.45, 2.75) is 45.6 Å². The Morgan fingerprint density at radius 2 is 2.12 bits per heavy atom. The van der Waals surface area contributed by atoms with Crippen LogP contribution in [0.4, 0.5) is 0 Å². The number of benzene rings is 1. The van der Waals surface area contributed by atoms with Gasteiger partial charge in [0.05, 0.1) is 0 Å². The van der Waals surface area contributed by atoms with Gasteiger partial charge in [-0.3, -0.25) is 0 Å².